The van der Waals surface area contributed by atoms with Crippen LogP contribution in [-0.4, -0.2) is 49.5 Å². The Bertz CT molecular complexity index is 848. The maximum Gasteiger partial charge on any atom is 0.191 e. The van der Waals surface area contributed by atoms with Gasteiger partial charge in [-0.05, 0) is 75.8 Å². The fourth-order valence-corrected chi connectivity index (χ4v) is 3.85. The van der Waals surface area contributed by atoms with Gasteiger partial charge >= 0.3 is 0 Å². The number of nitrogens with zero attached hydrogens (tertiary/aromatic N) is 3. The topological polar surface area (TPSA) is 42.9 Å². The minimum absolute atomic E-state index is 0. The summed E-state index contributed by atoms with van der Waals surface area (Å²) in [6, 6.07) is 14.1. The number of likely N-dealkylation sites (tertiary alicyclic amines) is 1. The van der Waals surface area contributed by atoms with Crippen molar-refractivity contribution in [3.8, 4) is 0 Å². The fraction of sp³-hybridized carbons (Fsp3) is 0.480. The summed E-state index contributed by atoms with van der Waals surface area (Å²) < 4.78 is 14.0. The molecule has 1 aliphatic heterocycles. The highest BCUT2D eigenvalue weighted by molar-refractivity contribution is 14.0. The fourth-order valence-electron chi connectivity index (χ4n) is 3.85. The molecule has 1 heterocycles. The summed E-state index contributed by atoms with van der Waals surface area (Å²) in [4.78, 5) is 9.17. The van der Waals surface area contributed by atoms with Crippen LogP contribution in [-0.2, 0) is 26.2 Å². The average molecular weight is 554 g/mol. The molecule has 3 rings (SSSR count). The van der Waals surface area contributed by atoms with Crippen molar-refractivity contribution in [1.29, 1.82) is 0 Å². The molecule has 0 aliphatic carbocycles. The van der Waals surface area contributed by atoms with E-state index in [9.17, 15) is 4.39 Å². The van der Waals surface area contributed by atoms with Gasteiger partial charge < -0.3 is 15.5 Å². The first kappa shape index (κ1) is 26.5. The number of hydrogen-bond donors (Lipinski definition) is 2. The molecule has 5 nitrogen and oxygen atoms in total. The van der Waals surface area contributed by atoms with Crippen molar-refractivity contribution in [2.45, 2.75) is 45.9 Å². The highest BCUT2D eigenvalue weighted by atomic mass is 127. The Hall–Kier alpha value is -1.71. The second-order valence-electron chi connectivity index (χ2n) is 8.51. The second kappa shape index (κ2) is 13.7. The molecule has 1 aliphatic rings. The number of hydrogen-bond acceptors (Lipinski definition) is 3. The molecule has 0 unspecified atom stereocenters. The van der Waals surface area contributed by atoms with Crippen LogP contribution in [0.25, 0.3) is 0 Å². The van der Waals surface area contributed by atoms with Crippen LogP contribution in [0.1, 0.15) is 42.0 Å². The van der Waals surface area contributed by atoms with E-state index in [1.165, 1.54) is 43.1 Å². The Balaban J connectivity index is 0.00000363. The molecule has 0 saturated carbocycles. The minimum Gasteiger partial charge on any atom is -0.357 e. The van der Waals surface area contributed by atoms with Gasteiger partial charge in [0.15, 0.2) is 5.96 Å². The van der Waals surface area contributed by atoms with Gasteiger partial charge in [-0.1, -0.05) is 30.3 Å². The average Bonchev–Trinajstić information content (AvgIpc) is 3.26. The van der Waals surface area contributed by atoms with Gasteiger partial charge in [0, 0.05) is 31.7 Å². The minimum atomic E-state index is -0.167. The summed E-state index contributed by atoms with van der Waals surface area (Å²) in [6.45, 7) is 8.12. The monoisotopic (exact) mass is 553 g/mol. The molecule has 1 saturated heterocycles. The first-order chi connectivity index (χ1) is 15.0. The van der Waals surface area contributed by atoms with Crippen LogP contribution in [0.15, 0.2) is 47.5 Å². The van der Waals surface area contributed by atoms with Crippen molar-refractivity contribution in [2.75, 3.05) is 33.7 Å². The largest absolute Gasteiger partial charge is 0.357 e. The van der Waals surface area contributed by atoms with Crippen molar-refractivity contribution < 1.29 is 4.39 Å². The summed E-state index contributed by atoms with van der Waals surface area (Å²) in [5, 5.41) is 6.70. The van der Waals surface area contributed by atoms with Crippen LogP contribution >= 0.6 is 24.0 Å². The van der Waals surface area contributed by atoms with Gasteiger partial charge in [-0.15, -0.1) is 24.0 Å². The predicted octanol–water partition coefficient (Wildman–Crippen LogP) is 4.36. The molecule has 0 spiro atoms. The van der Waals surface area contributed by atoms with Crippen LogP contribution in [0.5, 0.6) is 0 Å². The zero-order valence-corrected chi connectivity index (χ0v) is 21.9. The number of rotatable bonds is 9. The first-order valence-corrected chi connectivity index (χ1v) is 11.3. The number of nitrogens with one attached hydrogen (secondary N) is 2. The Kier molecular flexibility index (Phi) is 11.4. The highest BCUT2D eigenvalue weighted by Gasteiger charge is 2.11. The summed E-state index contributed by atoms with van der Waals surface area (Å²) in [5.41, 5.74) is 4.30. The molecule has 0 radical (unpaired) electrons. The maximum absolute atomic E-state index is 14.0. The molecule has 0 amide bonds. The third kappa shape index (κ3) is 8.67. The van der Waals surface area contributed by atoms with E-state index >= 15 is 0 Å². The summed E-state index contributed by atoms with van der Waals surface area (Å²) in [6.07, 6.45) is 2.65. The Morgan fingerprint density at radius 2 is 1.66 bits per heavy atom. The van der Waals surface area contributed by atoms with E-state index < -0.39 is 0 Å². The summed E-state index contributed by atoms with van der Waals surface area (Å²) >= 11 is 0. The van der Waals surface area contributed by atoms with Gasteiger partial charge in [0.1, 0.15) is 5.82 Å². The number of guanidine groups is 1. The van der Waals surface area contributed by atoms with Gasteiger partial charge in [-0.25, -0.2) is 9.38 Å². The van der Waals surface area contributed by atoms with E-state index in [1.54, 1.807) is 6.07 Å². The Morgan fingerprint density at radius 1 is 1.00 bits per heavy atom. The lowest BCUT2D eigenvalue weighted by molar-refractivity contribution is 0.331. The molecule has 32 heavy (non-hydrogen) atoms. The standard InChI is InChI=1S/C25H36FN5.HI/c1-4-27-25(29-17-22-11-12-24(26)23(15-22)19-30(2)3)28-16-20-7-9-21(10-8-20)18-31-13-5-6-14-31;/h7-12,15H,4-6,13-14,16-19H2,1-3H3,(H2,27,28,29);1H. The Morgan fingerprint density at radius 3 is 2.31 bits per heavy atom. The van der Waals surface area contributed by atoms with E-state index in [-0.39, 0.29) is 29.8 Å². The van der Waals surface area contributed by atoms with Crippen molar-refractivity contribution in [2.24, 2.45) is 4.99 Å². The molecule has 1 fully saturated rings. The van der Waals surface area contributed by atoms with Gasteiger partial charge in [0.05, 0.1) is 6.54 Å². The molecule has 2 aromatic carbocycles. The number of aliphatic imine (C=N–C) groups is 1. The third-order valence-corrected chi connectivity index (χ3v) is 5.45. The lowest BCUT2D eigenvalue weighted by Crippen LogP contribution is -2.36. The molecule has 2 aromatic rings. The van der Waals surface area contributed by atoms with E-state index in [0.29, 0.717) is 25.2 Å². The molecule has 0 bridgehead atoms. The summed E-state index contributed by atoms with van der Waals surface area (Å²) in [5.74, 6) is 0.599. The number of benzene rings is 2. The third-order valence-electron chi connectivity index (χ3n) is 5.45. The van der Waals surface area contributed by atoms with E-state index in [2.05, 4.69) is 51.7 Å². The van der Waals surface area contributed by atoms with Crippen molar-refractivity contribution in [1.82, 2.24) is 20.4 Å². The molecule has 0 aromatic heterocycles. The van der Waals surface area contributed by atoms with E-state index in [4.69, 9.17) is 0 Å². The zero-order valence-electron chi connectivity index (χ0n) is 19.5. The number of halogens is 2. The van der Waals surface area contributed by atoms with Gasteiger partial charge in [0.2, 0.25) is 0 Å². The van der Waals surface area contributed by atoms with Gasteiger partial charge in [-0.2, -0.15) is 0 Å². The molecular formula is C25H37FIN5. The second-order valence-corrected chi connectivity index (χ2v) is 8.51. The van der Waals surface area contributed by atoms with Gasteiger partial charge in [0.25, 0.3) is 0 Å². The van der Waals surface area contributed by atoms with Crippen molar-refractivity contribution >= 4 is 29.9 Å². The van der Waals surface area contributed by atoms with Crippen LogP contribution in [0, 0.1) is 5.82 Å². The molecular weight excluding hydrogens is 516 g/mol. The van der Waals surface area contributed by atoms with Crippen LogP contribution in [0.2, 0.25) is 0 Å². The van der Waals surface area contributed by atoms with Crippen LogP contribution in [0.4, 0.5) is 4.39 Å². The highest BCUT2D eigenvalue weighted by Crippen LogP contribution is 2.14. The lowest BCUT2D eigenvalue weighted by atomic mass is 10.1. The molecule has 176 valence electrons. The maximum atomic E-state index is 14.0. The predicted molar refractivity (Wildman–Crippen MR) is 142 cm³/mol. The summed E-state index contributed by atoms with van der Waals surface area (Å²) in [7, 11) is 3.88. The molecule has 7 heteroatoms. The Labute approximate surface area is 209 Å². The molecule has 0 atom stereocenters. The SMILES string of the molecule is CCNC(=NCc1ccc(F)c(CN(C)C)c1)NCc1ccc(CN2CCCC2)cc1.I. The lowest BCUT2D eigenvalue weighted by Gasteiger charge is -2.15. The zero-order chi connectivity index (χ0) is 22.1. The van der Waals surface area contributed by atoms with Crippen LogP contribution < -0.4 is 10.6 Å². The normalized spacial score (nSPS) is 14.5. The first-order valence-electron chi connectivity index (χ1n) is 11.3. The van der Waals surface area contributed by atoms with E-state index in [0.717, 1.165) is 24.6 Å². The van der Waals surface area contributed by atoms with Crippen molar-refractivity contribution in [3.05, 3.63) is 70.5 Å². The van der Waals surface area contributed by atoms with E-state index in [1.807, 2.05) is 25.1 Å². The van der Waals surface area contributed by atoms with Gasteiger partial charge in [-0.3, -0.25) is 4.90 Å². The molecule has 2 N–H and O–H groups in total. The quantitative estimate of drug-likeness (QED) is 0.275. The smallest absolute Gasteiger partial charge is 0.191 e. The van der Waals surface area contributed by atoms with Crippen molar-refractivity contribution in [3.63, 3.8) is 0 Å². The van der Waals surface area contributed by atoms with Crippen LogP contribution in [0.3, 0.4) is 0 Å².